The predicted octanol–water partition coefficient (Wildman–Crippen LogP) is 0.528. The Morgan fingerprint density at radius 1 is 0.696 bits per heavy atom. The van der Waals surface area contributed by atoms with Gasteiger partial charge in [0.1, 0.15) is 0 Å². The highest BCUT2D eigenvalue weighted by Crippen LogP contribution is 2.17. The molecule has 8 heteroatoms. The molecule has 7 nitrogen and oxygen atoms in total. The Hall–Kier alpha value is -0.0631. The summed E-state index contributed by atoms with van der Waals surface area (Å²) in [5.74, 6) is 0. The summed E-state index contributed by atoms with van der Waals surface area (Å²) in [4.78, 5) is 0. The molecule has 0 fully saturated rings. The Morgan fingerprint density at radius 2 is 1.09 bits per heavy atom. The van der Waals surface area contributed by atoms with E-state index in [1.165, 1.54) is 0 Å². The van der Waals surface area contributed by atoms with Gasteiger partial charge in [-0.3, -0.25) is 0 Å². The van der Waals surface area contributed by atoms with Gasteiger partial charge in [0.2, 0.25) is 0 Å². The fourth-order valence-corrected chi connectivity index (χ4v) is 4.55. The Labute approximate surface area is 144 Å². The summed E-state index contributed by atoms with van der Waals surface area (Å²) < 4.78 is 16.9. The first kappa shape index (κ1) is 25.2. The highest BCUT2D eigenvalue weighted by atomic mass is 28.4. The topological polar surface area (TPSA) is 104 Å². The summed E-state index contributed by atoms with van der Waals surface area (Å²) in [6.45, 7) is 15.2. The Bertz CT molecular complexity index is 189. The van der Waals surface area contributed by atoms with Crippen molar-refractivity contribution >= 4 is 8.80 Å². The number of nitrogens with two attached hydrogens (primary N) is 2. The van der Waals surface area contributed by atoms with Gasteiger partial charge in [0.15, 0.2) is 0 Å². The summed E-state index contributed by atoms with van der Waals surface area (Å²) in [7, 11) is -2.30. The zero-order chi connectivity index (χ0) is 17.8. The summed E-state index contributed by atoms with van der Waals surface area (Å²) in [6, 6.07) is 0.919. The van der Waals surface area contributed by atoms with E-state index in [1.54, 1.807) is 0 Å². The van der Waals surface area contributed by atoms with Gasteiger partial charge in [-0.1, -0.05) is 13.3 Å². The first-order valence-corrected chi connectivity index (χ1v) is 10.8. The van der Waals surface area contributed by atoms with Gasteiger partial charge in [0, 0.05) is 65.1 Å². The normalized spacial score (nSPS) is 11.2. The molecule has 23 heavy (non-hydrogen) atoms. The lowest BCUT2D eigenvalue weighted by Gasteiger charge is -2.27. The van der Waals surface area contributed by atoms with E-state index in [0.29, 0.717) is 32.9 Å². The van der Waals surface area contributed by atoms with E-state index in [9.17, 15) is 0 Å². The first-order valence-electron chi connectivity index (χ1n) is 8.89. The maximum atomic E-state index is 5.65. The van der Waals surface area contributed by atoms with Crippen LogP contribution in [0, 0.1) is 0 Å². The zero-order valence-corrected chi connectivity index (χ0v) is 16.7. The van der Waals surface area contributed by atoms with Crippen molar-refractivity contribution in [3.8, 4) is 0 Å². The molecule has 0 spiro atoms. The molecule has 0 aliphatic carbocycles. The lowest BCUT2D eigenvalue weighted by Crippen LogP contribution is -2.45. The van der Waals surface area contributed by atoms with Crippen LogP contribution in [0.25, 0.3) is 0 Å². The second kappa shape index (κ2) is 20.0. The molecule has 0 aliphatic heterocycles. The molecule has 0 rings (SSSR count). The van der Waals surface area contributed by atoms with Crippen LogP contribution in [0.2, 0.25) is 6.04 Å². The van der Waals surface area contributed by atoms with Gasteiger partial charge < -0.3 is 35.4 Å². The molecular formula is C15H40N4O3Si. The van der Waals surface area contributed by atoms with E-state index in [0.717, 1.165) is 38.6 Å². The highest BCUT2D eigenvalue weighted by molar-refractivity contribution is 6.60. The first-order chi connectivity index (χ1) is 11.2. The van der Waals surface area contributed by atoms with Crippen molar-refractivity contribution in [2.75, 3.05) is 59.1 Å². The minimum Gasteiger partial charge on any atom is -0.374 e. The maximum absolute atomic E-state index is 5.65. The molecule has 6 N–H and O–H groups in total. The van der Waals surface area contributed by atoms with Crippen molar-refractivity contribution in [3.63, 3.8) is 0 Å². The van der Waals surface area contributed by atoms with Crippen LogP contribution in [0.4, 0.5) is 0 Å². The highest BCUT2D eigenvalue weighted by Gasteiger charge is 2.38. The third-order valence-electron chi connectivity index (χ3n) is 2.77. The fourth-order valence-electron chi connectivity index (χ4n) is 1.94. The molecule has 0 aromatic heterocycles. The average molecular weight is 353 g/mol. The SMILES string of the molecule is CCC[Si](OCC)(OCC)OCC.NCCNCCNCCN. The number of nitrogens with one attached hydrogen (secondary N) is 2. The molecule has 0 unspecified atom stereocenters. The van der Waals surface area contributed by atoms with Crippen molar-refractivity contribution in [2.24, 2.45) is 11.5 Å². The Morgan fingerprint density at radius 3 is 1.35 bits per heavy atom. The van der Waals surface area contributed by atoms with Crippen LogP contribution in [0.1, 0.15) is 34.1 Å². The van der Waals surface area contributed by atoms with Gasteiger partial charge in [-0.2, -0.15) is 0 Å². The van der Waals surface area contributed by atoms with Crippen LogP contribution in [-0.4, -0.2) is 67.9 Å². The van der Waals surface area contributed by atoms with Crippen LogP contribution >= 0.6 is 0 Å². The van der Waals surface area contributed by atoms with Crippen molar-refractivity contribution < 1.29 is 13.3 Å². The lowest BCUT2D eigenvalue weighted by atomic mass is 10.5. The smallest absolute Gasteiger partial charge is 0.374 e. The number of rotatable bonds is 15. The van der Waals surface area contributed by atoms with Crippen molar-refractivity contribution in [1.29, 1.82) is 0 Å². The second-order valence-electron chi connectivity index (χ2n) is 4.81. The summed E-state index contributed by atoms with van der Waals surface area (Å²) in [6.07, 6.45) is 1.05. The number of hydrogen-bond acceptors (Lipinski definition) is 7. The average Bonchev–Trinajstić information content (AvgIpc) is 2.52. The molecule has 0 atom stereocenters. The van der Waals surface area contributed by atoms with Crippen LogP contribution in [-0.2, 0) is 13.3 Å². The minimum absolute atomic E-state index is 0.673. The van der Waals surface area contributed by atoms with Gasteiger partial charge >= 0.3 is 8.80 Å². The number of hydrogen-bond donors (Lipinski definition) is 4. The van der Waals surface area contributed by atoms with E-state index in [-0.39, 0.29) is 0 Å². The quantitative estimate of drug-likeness (QED) is 0.252. The molecule has 0 aromatic rings. The van der Waals surface area contributed by atoms with Gasteiger partial charge in [-0.25, -0.2) is 0 Å². The summed E-state index contributed by atoms with van der Waals surface area (Å²) in [5, 5.41) is 6.33. The predicted molar refractivity (Wildman–Crippen MR) is 99.6 cm³/mol. The molecule has 0 aliphatic rings. The molecule has 0 saturated carbocycles. The summed E-state index contributed by atoms with van der Waals surface area (Å²) in [5.41, 5.74) is 10.5. The lowest BCUT2D eigenvalue weighted by molar-refractivity contribution is 0.0712. The van der Waals surface area contributed by atoms with Gasteiger partial charge in [0.05, 0.1) is 0 Å². The fraction of sp³-hybridized carbons (Fsp3) is 1.00. The standard InChI is InChI=1S/C9H22O3Si.C6H18N4/c1-5-9-13(10-6-2,11-7-3)12-8-4;7-1-3-9-5-6-10-4-2-8/h5-9H2,1-4H3;9-10H,1-8H2. The van der Waals surface area contributed by atoms with E-state index in [1.807, 2.05) is 20.8 Å². The Balaban J connectivity index is 0. The monoisotopic (exact) mass is 352 g/mol. The van der Waals surface area contributed by atoms with E-state index >= 15 is 0 Å². The molecule has 0 bridgehead atoms. The van der Waals surface area contributed by atoms with E-state index in [4.69, 9.17) is 24.7 Å². The van der Waals surface area contributed by atoms with Crippen LogP contribution in [0.5, 0.6) is 0 Å². The largest absolute Gasteiger partial charge is 0.500 e. The molecular weight excluding hydrogens is 312 g/mol. The van der Waals surface area contributed by atoms with E-state index in [2.05, 4.69) is 17.6 Å². The minimum atomic E-state index is -2.30. The van der Waals surface area contributed by atoms with Crippen LogP contribution in [0.15, 0.2) is 0 Å². The van der Waals surface area contributed by atoms with Gasteiger partial charge in [-0.15, -0.1) is 0 Å². The van der Waals surface area contributed by atoms with Gasteiger partial charge in [0.25, 0.3) is 0 Å². The molecule has 0 aromatic carbocycles. The van der Waals surface area contributed by atoms with Crippen LogP contribution in [0.3, 0.4) is 0 Å². The van der Waals surface area contributed by atoms with Crippen molar-refractivity contribution in [2.45, 2.75) is 40.2 Å². The third-order valence-corrected chi connectivity index (χ3v) is 6.07. The maximum Gasteiger partial charge on any atom is 0.500 e. The Kier molecular flexibility index (Phi) is 21.9. The van der Waals surface area contributed by atoms with Crippen LogP contribution < -0.4 is 22.1 Å². The molecule has 0 amide bonds. The van der Waals surface area contributed by atoms with Crippen molar-refractivity contribution in [1.82, 2.24) is 10.6 Å². The molecule has 0 heterocycles. The molecule has 0 radical (unpaired) electrons. The summed E-state index contributed by atoms with van der Waals surface area (Å²) >= 11 is 0. The second-order valence-corrected chi connectivity index (χ2v) is 7.54. The molecule has 0 saturated heterocycles. The molecule has 142 valence electrons. The van der Waals surface area contributed by atoms with E-state index < -0.39 is 8.80 Å². The van der Waals surface area contributed by atoms with Crippen molar-refractivity contribution in [3.05, 3.63) is 0 Å². The zero-order valence-electron chi connectivity index (χ0n) is 15.7. The van der Waals surface area contributed by atoms with Gasteiger partial charge in [-0.05, 0) is 20.8 Å². The third kappa shape index (κ3) is 16.6.